The van der Waals surface area contributed by atoms with Crippen molar-refractivity contribution < 1.29 is 4.79 Å². The van der Waals surface area contributed by atoms with Crippen LogP contribution in [0.1, 0.15) is 20.8 Å². The van der Waals surface area contributed by atoms with Crippen molar-refractivity contribution >= 4 is 13.1 Å². The first-order valence-electron chi connectivity index (χ1n) is 5.38. The molecule has 0 unspecified atom stereocenters. The second kappa shape index (κ2) is 5.50. The van der Waals surface area contributed by atoms with Gasteiger partial charge in [-0.2, -0.15) is 0 Å². The van der Waals surface area contributed by atoms with E-state index in [9.17, 15) is 4.79 Å². The van der Waals surface area contributed by atoms with Crippen molar-refractivity contribution in [1.82, 2.24) is 0 Å². The van der Waals surface area contributed by atoms with Gasteiger partial charge in [0.15, 0.2) is 13.1 Å². The predicted octanol–water partition coefficient (Wildman–Crippen LogP) is 3.14. The number of allylic oxidation sites excluding steroid dienone is 9. The lowest BCUT2D eigenvalue weighted by Gasteiger charge is -2.19. The van der Waals surface area contributed by atoms with Gasteiger partial charge >= 0.3 is 0 Å². The van der Waals surface area contributed by atoms with E-state index < -0.39 is 0 Å². The fourth-order valence-corrected chi connectivity index (χ4v) is 1.78. The average molecular weight is 211 g/mol. The van der Waals surface area contributed by atoms with Gasteiger partial charge in [0.1, 0.15) is 0 Å². The molecule has 0 bridgehead atoms. The van der Waals surface area contributed by atoms with Gasteiger partial charge in [-0.1, -0.05) is 54.8 Å². The van der Waals surface area contributed by atoms with E-state index >= 15 is 0 Å². The van der Waals surface area contributed by atoms with Crippen LogP contribution in [-0.4, -0.2) is 13.1 Å². The summed E-state index contributed by atoms with van der Waals surface area (Å²) in [5, 5.41) is 0. The topological polar surface area (TPSA) is 17.1 Å². The van der Waals surface area contributed by atoms with E-state index in [4.69, 9.17) is 0 Å². The molecule has 0 fully saturated rings. The molecule has 1 nitrogen and oxygen atoms in total. The molecule has 1 rings (SSSR count). The predicted molar refractivity (Wildman–Crippen MR) is 70.3 cm³/mol. The Balaban J connectivity index is 3.30. The summed E-state index contributed by atoms with van der Waals surface area (Å²) in [7, 11) is 2.02. The smallest absolute Gasteiger partial charge is 0.191 e. The Morgan fingerprint density at radius 3 is 2.50 bits per heavy atom. The summed E-state index contributed by atoms with van der Waals surface area (Å²) in [6.07, 6.45) is 9.17. The molecule has 0 spiro atoms. The fourth-order valence-electron chi connectivity index (χ4n) is 1.78. The van der Waals surface area contributed by atoms with E-state index in [0.29, 0.717) is 0 Å². The molecular weight excluding hydrogens is 195 g/mol. The van der Waals surface area contributed by atoms with Crippen molar-refractivity contribution in [2.45, 2.75) is 20.8 Å². The van der Waals surface area contributed by atoms with Crippen LogP contribution in [0.15, 0.2) is 59.1 Å². The Morgan fingerprint density at radius 2 is 2.00 bits per heavy atom. The fraction of sp³-hybridized carbons (Fsp3) is 0.214. The first-order chi connectivity index (χ1) is 7.65. The van der Waals surface area contributed by atoms with Gasteiger partial charge in [0.25, 0.3) is 0 Å². The number of hydrogen-bond acceptors (Lipinski definition) is 1. The van der Waals surface area contributed by atoms with Crippen molar-refractivity contribution in [3.05, 3.63) is 59.1 Å². The zero-order valence-electron chi connectivity index (χ0n) is 10.1. The Bertz CT molecular complexity index is 434. The first kappa shape index (κ1) is 12.5. The summed E-state index contributed by atoms with van der Waals surface area (Å²) in [5.74, 6) is 0.0914. The van der Waals surface area contributed by atoms with Gasteiger partial charge < -0.3 is 0 Å². The highest BCUT2D eigenvalue weighted by Crippen LogP contribution is 2.25. The molecule has 16 heavy (non-hydrogen) atoms. The molecule has 1 radical (unpaired) electrons. The molecule has 0 amide bonds. The minimum atomic E-state index is 0.0914. The zero-order valence-corrected chi connectivity index (χ0v) is 10.1. The van der Waals surface area contributed by atoms with Crippen LogP contribution < -0.4 is 0 Å². The van der Waals surface area contributed by atoms with E-state index in [1.54, 1.807) is 6.08 Å². The maximum Gasteiger partial charge on any atom is 0.191 e. The highest BCUT2D eigenvalue weighted by Gasteiger charge is 2.24. The summed E-state index contributed by atoms with van der Waals surface area (Å²) in [5.41, 5.74) is 3.46. The third-order valence-corrected chi connectivity index (χ3v) is 2.52. The van der Waals surface area contributed by atoms with Crippen LogP contribution >= 0.6 is 0 Å². The van der Waals surface area contributed by atoms with Crippen LogP contribution in [0.3, 0.4) is 0 Å². The molecule has 0 N–H and O–H groups in total. The third kappa shape index (κ3) is 2.33. The summed E-state index contributed by atoms with van der Waals surface area (Å²) < 4.78 is 0. The number of rotatable bonds is 2. The van der Waals surface area contributed by atoms with Crippen molar-refractivity contribution in [2.75, 3.05) is 0 Å². The Hall–Kier alpha value is -1.57. The first-order valence-corrected chi connectivity index (χ1v) is 5.38. The number of Topliss-reactive ketones (excluding diaryl/α,β-unsaturated/α-hetero) is 1. The van der Waals surface area contributed by atoms with Crippen LogP contribution in [0.2, 0.25) is 0 Å². The lowest BCUT2D eigenvalue weighted by Crippen LogP contribution is -2.20. The van der Waals surface area contributed by atoms with Gasteiger partial charge in [-0.3, -0.25) is 4.79 Å². The van der Waals surface area contributed by atoms with E-state index in [1.807, 2.05) is 52.4 Å². The lowest BCUT2D eigenvalue weighted by atomic mass is 9.54. The number of carbonyl (C=O) groups excluding carboxylic acids is 1. The highest BCUT2D eigenvalue weighted by molar-refractivity contribution is 6.60. The van der Waals surface area contributed by atoms with E-state index in [-0.39, 0.29) is 5.78 Å². The van der Waals surface area contributed by atoms with Crippen LogP contribution in [0.5, 0.6) is 0 Å². The minimum absolute atomic E-state index is 0.0914. The number of ketones is 1. The van der Waals surface area contributed by atoms with Crippen LogP contribution in [-0.2, 0) is 4.79 Å². The third-order valence-electron chi connectivity index (χ3n) is 2.52. The summed E-state index contributed by atoms with van der Waals surface area (Å²) in [6.45, 7) is 9.41. The molecule has 0 aliphatic carbocycles. The SMILES string of the molecule is C=C/C=C1/[B]C(C)=C(/C=C\C)C(=O)/C1=C/C. The molecule has 1 aliphatic rings. The normalized spacial score (nSPS) is 22.1. The summed E-state index contributed by atoms with van der Waals surface area (Å²) in [4.78, 5) is 12.2. The van der Waals surface area contributed by atoms with Crippen molar-refractivity contribution in [3.8, 4) is 0 Å². The standard InChI is InChI=1S/C14H16BO/c1-5-8-12-10(4)15-13(9-6-2)11(7-3)14(12)16/h5-9H,2H2,1,3-4H3/b8-5-,11-7+,13-9+. The quantitative estimate of drug-likeness (QED) is 0.506. The Kier molecular flexibility index (Phi) is 4.30. The average Bonchev–Trinajstić information content (AvgIpc) is 2.25. The number of carbonyl (C=O) groups is 1. The van der Waals surface area contributed by atoms with Gasteiger partial charge in [-0.15, -0.1) is 0 Å². The molecule has 0 saturated carbocycles. The van der Waals surface area contributed by atoms with Crippen molar-refractivity contribution in [3.63, 3.8) is 0 Å². The molecule has 0 aromatic heterocycles. The zero-order chi connectivity index (χ0) is 12.1. The van der Waals surface area contributed by atoms with Crippen molar-refractivity contribution in [1.29, 1.82) is 0 Å². The molecule has 2 heteroatoms. The monoisotopic (exact) mass is 211 g/mol. The van der Waals surface area contributed by atoms with Gasteiger partial charge in [-0.25, -0.2) is 0 Å². The van der Waals surface area contributed by atoms with Gasteiger partial charge in [-0.05, 0) is 13.8 Å². The van der Waals surface area contributed by atoms with E-state index in [2.05, 4.69) is 6.58 Å². The minimum Gasteiger partial charge on any atom is -0.289 e. The van der Waals surface area contributed by atoms with Crippen LogP contribution in [0.25, 0.3) is 0 Å². The summed E-state index contributed by atoms with van der Waals surface area (Å²) >= 11 is 0. The van der Waals surface area contributed by atoms with Crippen LogP contribution in [0.4, 0.5) is 0 Å². The maximum absolute atomic E-state index is 12.2. The molecule has 0 aromatic rings. The Labute approximate surface area is 98.2 Å². The lowest BCUT2D eigenvalue weighted by molar-refractivity contribution is -0.111. The second-order valence-electron chi connectivity index (χ2n) is 3.63. The second-order valence-corrected chi connectivity index (χ2v) is 3.63. The molecular formula is C14H16BO. The van der Waals surface area contributed by atoms with Gasteiger partial charge in [0, 0.05) is 11.1 Å². The largest absolute Gasteiger partial charge is 0.289 e. The highest BCUT2D eigenvalue weighted by atomic mass is 16.1. The Morgan fingerprint density at radius 1 is 1.31 bits per heavy atom. The molecule has 81 valence electrons. The number of hydrogen-bond donors (Lipinski definition) is 0. The molecule has 0 atom stereocenters. The molecule has 0 aromatic carbocycles. The molecule has 0 saturated heterocycles. The van der Waals surface area contributed by atoms with Crippen molar-refractivity contribution in [2.24, 2.45) is 0 Å². The molecule has 1 aliphatic heterocycles. The van der Waals surface area contributed by atoms with Crippen LogP contribution in [0, 0.1) is 0 Å². The van der Waals surface area contributed by atoms with Gasteiger partial charge in [0.2, 0.25) is 0 Å². The van der Waals surface area contributed by atoms with Gasteiger partial charge in [0.05, 0.1) is 0 Å². The van der Waals surface area contributed by atoms with E-state index in [0.717, 1.165) is 22.1 Å². The summed E-state index contributed by atoms with van der Waals surface area (Å²) in [6, 6.07) is 0. The van der Waals surface area contributed by atoms with E-state index in [1.165, 1.54) is 0 Å². The maximum atomic E-state index is 12.2. The molecule has 1 heterocycles.